The molecule has 4 heteroatoms. The summed E-state index contributed by atoms with van der Waals surface area (Å²) in [6, 6.07) is 7.63. The van der Waals surface area contributed by atoms with Crippen molar-refractivity contribution in [1.29, 1.82) is 0 Å². The standard InChI is InChI=1S/C14H15N3O/c1-10-8-16-13(9-15-10)11(2)17-12-6-4-5-7-14(12)18-3/h4-9H,1-3H3. The Labute approximate surface area is 106 Å². The van der Waals surface area contributed by atoms with Crippen LogP contribution in [0.1, 0.15) is 18.3 Å². The molecule has 0 aliphatic rings. The lowest BCUT2D eigenvalue weighted by Crippen LogP contribution is -2.00. The van der Waals surface area contributed by atoms with Gasteiger partial charge in [-0.25, -0.2) is 4.99 Å². The van der Waals surface area contributed by atoms with Gasteiger partial charge in [0.1, 0.15) is 17.1 Å². The highest BCUT2D eigenvalue weighted by Gasteiger charge is 2.03. The van der Waals surface area contributed by atoms with Gasteiger partial charge in [0.2, 0.25) is 0 Å². The number of nitrogens with zero attached hydrogens (tertiary/aromatic N) is 3. The number of para-hydroxylation sites is 2. The van der Waals surface area contributed by atoms with Crippen LogP contribution in [0.25, 0.3) is 0 Å². The van der Waals surface area contributed by atoms with E-state index >= 15 is 0 Å². The summed E-state index contributed by atoms with van der Waals surface area (Å²) in [4.78, 5) is 13.0. The number of aliphatic imine (C=N–C) groups is 1. The molecule has 0 spiro atoms. The Morgan fingerprint density at radius 1 is 1.17 bits per heavy atom. The molecule has 0 fully saturated rings. The molecule has 0 amide bonds. The highest BCUT2D eigenvalue weighted by atomic mass is 16.5. The van der Waals surface area contributed by atoms with E-state index in [0.717, 1.165) is 28.5 Å². The first kappa shape index (κ1) is 12.2. The zero-order chi connectivity index (χ0) is 13.0. The molecule has 2 rings (SSSR count). The second kappa shape index (κ2) is 5.40. The van der Waals surface area contributed by atoms with Gasteiger partial charge in [-0.2, -0.15) is 0 Å². The fourth-order valence-electron chi connectivity index (χ4n) is 1.54. The molecule has 0 radical (unpaired) electrons. The molecule has 1 aromatic carbocycles. The summed E-state index contributed by atoms with van der Waals surface area (Å²) in [6.45, 7) is 3.81. The van der Waals surface area contributed by atoms with Gasteiger partial charge >= 0.3 is 0 Å². The molecule has 0 saturated carbocycles. The zero-order valence-corrected chi connectivity index (χ0v) is 10.7. The molecule has 0 aliphatic carbocycles. The summed E-state index contributed by atoms with van der Waals surface area (Å²) in [5.41, 5.74) is 3.27. The van der Waals surface area contributed by atoms with Crippen LogP contribution < -0.4 is 4.74 Å². The molecule has 1 heterocycles. The Bertz CT molecular complexity index is 562. The Balaban J connectivity index is 2.35. The molecule has 4 nitrogen and oxygen atoms in total. The predicted octanol–water partition coefficient (Wildman–Crippen LogP) is 2.93. The normalized spacial score (nSPS) is 11.4. The van der Waals surface area contributed by atoms with E-state index in [0.29, 0.717) is 0 Å². The van der Waals surface area contributed by atoms with Gasteiger partial charge in [-0.15, -0.1) is 0 Å². The van der Waals surface area contributed by atoms with Crippen LogP contribution in [0.2, 0.25) is 0 Å². The van der Waals surface area contributed by atoms with E-state index in [2.05, 4.69) is 15.0 Å². The van der Waals surface area contributed by atoms with Crippen LogP contribution in [0.5, 0.6) is 5.75 Å². The molecule has 0 atom stereocenters. The lowest BCUT2D eigenvalue weighted by atomic mass is 10.2. The minimum atomic E-state index is 0.747. The third kappa shape index (κ3) is 2.71. The van der Waals surface area contributed by atoms with Crippen LogP contribution in [0.3, 0.4) is 0 Å². The van der Waals surface area contributed by atoms with E-state index in [1.54, 1.807) is 19.5 Å². The quantitative estimate of drug-likeness (QED) is 0.776. The van der Waals surface area contributed by atoms with Crippen molar-refractivity contribution in [2.24, 2.45) is 4.99 Å². The van der Waals surface area contributed by atoms with Crippen molar-refractivity contribution in [2.45, 2.75) is 13.8 Å². The summed E-state index contributed by atoms with van der Waals surface area (Å²) in [5, 5.41) is 0. The van der Waals surface area contributed by atoms with Crippen molar-refractivity contribution in [2.75, 3.05) is 7.11 Å². The smallest absolute Gasteiger partial charge is 0.144 e. The van der Waals surface area contributed by atoms with Gasteiger partial charge in [0, 0.05) is 6.20 Å². The van der Waals surface area contributed by atoms with Crippen molar-refractivity contribution in [1.82, 2.24) is 9.97 Å². The minimum absolute atomic E-state index is 0.747. The average molecular weight is 241 g/mol. The molecule has 0 unspecified atom stereocenters. The molecule has 0 saturated heterocycles. The van der Waals surface area contributed by atoms with Gasteiger partial charge in [-0.1, -0.05) is 12.1 Å². The Morgan fingerprint density at radius 3 is 2.61 bits per heavy atom. The average Bonchev–Trinajstić information content (AvgIpc) is 2.40. The maximum Gasteiger partial charge on any atom is 0.144 e. The minimum Gasteiger partial charge on any atom is -0.494 e. The second-order valence-electron chi connectivity index (χ2n) is 3.91. The number of methoxy groups -OCH3 is 1. The van der Waals surface area contributed by atoms with Crippen LogP contribution in [0.15, 0.2) is 41.7 Å². The van der Waals surface area contributed by atoms with E-state index in [1.165, 1.54) is 0 Å². The highest BCUT2D eigenvalue weighted by Crippen LogP contribution is 2.26. The molecule has 0 aliphatic heterocycles. The SMILES string of the molecule is COc1ccccc1N=C(C)c1cnc(C)cn1. The topological polar surface area (TPSA) is 47.4 Å². The van der Waals surface area contributed by atoms with Crippen molar-refractivity contribution in [3.8, 4) is 5.75 Å². The number of aryl methyl sites for hydroxylation is 1. The Hall–Kier alpha value is -2.23. The maximum absolute atomic E-state index is 5.26. The van der Waals surface area contributed by atoms with Gasteiger partial charge in [-0.3, -0.25) is 9.97 Å². The number of rotatable bonds is 3. The third-order valence-electron chi connectivity index (χ3n) is 2.52. The van der Waals surface area contributed by atoms with Gasteiger partial charge in [0.25, 0.3) is 0 Å². The lowest BCUT2D eigenvalue weighted by molar-refractivity contribution is 0.416. The number of benzene rings is 1. The fourth-order valence-corrected chi connectivity index (χ4v) is 1.54. The Kier molecular flexibility index (Phi) is 3.67. The van der Waals surface area contributed by atoms with Gasteiger partial charge in [0.15, 0.2) is 0 Å². The number of hydrogen-bond donors (Lipinski definition) is 0. The first-order valence-corrected chi connectivity index (χ1v) is 5.68. The molecule has 18 heavy (non-hydrogen) atoms. The number of ether oxygens (including phenoxy) is 1. The first-order chi connectivity index (χ1) is 8.70. The molecule has 1 aromatic heterocycles. The first-order valence-electron chi connectivity index (χ1n) is 5.68. The molecule has 0 N–H and O–H groups in total. The van der Waals surface area contributed by atoms with Crippen molar-refractivity contribution < 1.29 is 4.74 Å². The number of hydrogen-bond acceptors (Lipinski definition) is 4. The van der Waals surface area contributed by atoms with E-state index < -0.39 is 0 Å². The van der Waals surface area contributed by atoms with E-state index in [1.807, 2.05) is 38.1 Å². The maximum atomic E-state index is 5.26. The summed E-state index contributed by atoms with van der Waals surface area (Å²) in [6.07, 6.45) is 3.46. The molecular weight excluding hydrogens is 226 g/mol. The molecule has 92 valence electrons. The number of aromatic nitrogens is 2. The van der Waals surface area contributed by atoms with E-state index in [4.69, 9.17) is 4.74 Å². The fraction of sp³-hybridized carbons (Fsp3) is 0.214. The third-order valence-corrected chi connectivity index (χ3v) is 2.52. The highest BCUT2D eigenvalue weighted by molar-refractivity contribution is 5.98. The largest absolute Gasteiger partial charge is 0.494 e. The zero-order valence-electron chi connectivity index (χ0n) is 10.7. The van der Waals surface area contributed by atoms with E-state index in [9.17, 15) is 0 Å². The van der Waals surface area contributed by atoms with Crippen molar-refractivity contribution in [3.05, 3.63) is 48.0 Å². The predicted molar refractivity (Wildman–Crippen MR) is 71.6 cm³/mol. The van der Waals surface area contributed by atoms with Crippen LogP contribution in [0, 0.1) is 6.92 Å². The van der Waals surface area contributed by atoms with Gasteiger partial charge in [0.05, 0.1) is 24.7 Å². The monoisotopic (exact) mass is 241 g/mol. The molecule has 0 bridgehead atoms. The van der Waals surface area contributed by atoms with Crippen molar-refractivity contribution in [3.63, 3.8) is 0 Å². The van der Waals surface area contributed by atoms with Crippen LogP contribution in [-0.2, 0) is 0 Å². The van der Waals surface area contributed by atoms with Gasteiger partial charge in [-0.05, 0) is 26.0 Å². The molecular formula is C14H15N3O. The molecule has 2 aromatic rings. The summed E-state index contributed by atoms with van der Waals surface area (Å²) in [5.74, 6) is 0.747. The Morgan fingerprint density at radius 2 is 1.94 bits per heavy atom. The van der Waals surface area contributed by atoms with Crippen LogP contribution in [0.4, 0.5) is 5.69 Å². The summed E-state index contributed by atoms with van der Waals surface area (Å²) >= 11 is 0. The van der Waals surface area contributed by atoms with Crippen LogP contribution >= 0.6 is 0 Å². The van der Waals surface area contributed by atoms with Gasteiger partial charge < -0.3 is 4.74 Å². The second-order valence-corrected chi connectivity index (χ2v) is 3.91. The lowest BCUT2D eigenvalue weighted by Gasteiger charge is -2.05. The van der Waals surface area contributed by atoms with Crippen LogP contribution in [-0.4, -0.2) is 22.8 Å². The van der Waals surface area contributed by atoms with E-state index in [-0.39, 0.29) is 0 Å². The van der Waals surface area contributed by atoms with Crippen molar-refractivity contribution >= 4 is 11.4 Å². The summed E-state index contributed by atoms with van der Waals surface area (Å²) in [7, 11) is 1.63. The summed E-state index contributed by atoms with van der Waals surface area (Å²) < 4.78 is 5.26.